The maximum atomic E-state index is 12.8. The molecule has 2 aliphatic rings. The van der Waals surface area contributed by atoms with Crippen molar-refractivity contribution in [2.75, 3.05) is 26.7 Å². The van der Waals surface area contributed by atoms with E-state index in [1.165, 1.54) is 18.4 Å². The maximum Gasteiger partial charge on any atom is 0.234 e. The summed E-state index contributed by atoms with van der Waals surface area (Å²) in [5.74, 6) is 1.74. The summed E-state index contributed by atoms with van der Waals surface area (Å²) >= 11 is 0. The molecular formula is C23H29N3O2. The van der Waals surface area contributed by atoms with Crippen LogP contribution in [-0.2, 0) is 4.79 Å². The first kappa shape index (κ1) is 19.0. The van der Waals surface area contributed by atoms with E-state index in [4.69, 9.17) is 10.5 Å². The number of nitrogens with two attached hydrogens (primary N) is 1. The number of hydrogen-bond donors (Lipinski definition) is 2. The molecule has 5 nitrogen and oxygen atoms in total. The van der Waals surface area contributed by atoms with Gasteiger partial charge in [-0.25, -0.2) is 0 Å². The minimum atomic E-state index is 0.0658. The van der Waals surface area contributed by atoms with Gasteiger partial charge in [-0.3, -0.25) is 9.69 Å². The highest BCUT2D eigenvalue weighted by Crippen LogP contribution is 2.41. The normalized spacial score (nSPS) is 23.4. The molecule has 148 valence electrons. The number of nitrogens with zero attached hydrogens (tertiary/aromatic N) is 1. The highest BCUT2D eigenvalue weighted by Gasteiger charge is 2.35. The van der Waals surface area contributed by atoms with Crippen molar-refractivity contribution in [2.45, 2.75) is 30.8 Å². The number of nitrogens with one attached hydrogen (secondary N) is 1. The van der Waals surface area contributed by atoms with Crippen LogP contribution in [0, 0.1) is 5.92 Å². The van der Waals surface area contributed by atoms with Crippen LogP contribution in [0.2, 0.25) is 0 Å². The number of likely N-dealkylation sites (tertiary alicyclic amines) is 1. The smallest absolute Gasteiger partial charge is 0.234 e. The topological polar surface area (TPSA) is 67.6 Å². The summed E-state index contributed by atoms with van der Waals surface area (Å²) in [6.45, 7) is 1.98. The van der Waals surface area contributed by atoms with Gasteiger partial charge in [0.25, 0.3) is 0 Å². The first-order valence-electron chi connectivity index (χ1n) is 10.1. The predicted octanol–water partition coefficient (Wildman–Crippen LogP) is 2.69. The molecule has 1 unspecified atom stereocenters. The molecule has 1 amide bonds. The second-order valence-electron chi connectivity index (χ2n) is 8.03. The molecule has 1 heterocycles. The van der Waals surface area contributed by atoms with Crippen LogP contribution in [0.5, 0.6) is 5.75 Å². The lowest BCUT2D eigenvalue weighted by molar-refractivity contribution is -0.122. The summed E-state index contributed by atoms with van der Waals surface area (Å²) in [4.78, 5) is 14.9. The van der Waals surface area contributed by atoms with Gasteiger partial charge < -0.3 is 15.8 Å². The fourth-order valence-corrected chi connectivity index (χ4v) is 4.23. The van der Waals surface area contributed by atoms with E-state index in [2.05, 4.69) is 34.5 Å². The first-order valence-corrected chi connectivity index (χ1v) is 10.1. The SMILES string of the molecule is COc1ccc(C(NC(=O)CN2C[C@@H](N)[C@H](c3ccccc3)C2)C2CC2)cc1. The third kappa shape index (κ3) is 4.37. The van der Waals surface area contributed by atoms with Crippen LogP contribution in [0.25, 0.3) is 0 Å². The highest BCUT2D eigenvalue weighted by atomic mass is 16.5. The summed E-state index contributed by atoms with van der Waals surface area (Å²) in [5.41, 5.74) is 8.78. The molecule has 3 atom stereocenters. The number of carbonyl (C=O) groups excluding carboxylic acids is 1. The molecule has 2 fully saturated rings. The Balaban J connectivity index is 1.36. The van der Waals surface area contributed by atoms with Gasteiger partial charge in [0.1, 0.15) is 5.75 Å². The van der Waals surface area contributed by atoms with Crippen molar-refractivity contribution in [1.82, 2.24) is 10.2 Å². The van der Waals surface area contributed by atoms with Gasteiger partial charge in [-0.15, -0.1) is 0 Å². The Labute approximate surface area is 166 Å². The lowest BCUT2D eigenvalue weighted by atomic mass is 9.95. The Morgan fingerprint density at radius 3 is 2.50 bits per heavy atom. The van der Waals surface area contributed by atoms with E-state index in [9.17, 15) is 4.79 Å². The van der Waals surface area contributed by atoms with Crippen molar-refractivity contribution >= 4 is 5.91 Å². The fraction of sp³-hybridized carbons (Fsp3) is 0.435. The van der Waals surface area contributed by atoms with Crippen molar-refractivity contribution < 1.29 is 9.53 Å². The number of hydrogen-bond acceptors (Lipinski definition) is 4. The zero-order chi connectivity index (χ0) is 19.5. The molecule has 3 N–H and O–H groups in total. The van der Waals surface area contributed by atoms with E-state index in [1.807, 2.05) is 30.3 Å². The van der Waals surface area contributed by atoms with Gasteiger partial charge in [-0.1, -0.05) is 42.5 Å². The summed E-state index contributed by atoms with van der Waals surface area (Å²) in [6.07, 6.45) is 2.34. The van der Waals surface area contributed by atoms with Crippen LogP contribution in [0.4, 0.5) is 0 Å². The fourth-order valence-electron chi connectivity index (χ4n) is 4.23. The lowest BCUT2D eigenvalue weighted by Crippen LogP contribution is -2.39. The second-order valence-corrected chi connectivity index (χ2v) is 8.03. The monoisotopic (exact) mass is 379 g/mol. The first-order chi connectivity index (χ1) is 13.6. The minimum Gasteiger partial charge on any atom is -0.497 e. The van der Waals surface area contributed by atoms with Gasteiger partial charge in [0.15, 0.2) is 0 Å². The summed E-state index contributed by atoms with van der Waals surface area (Å²) < 4.78 is 5.25. The van der Waals surface area contributed by atoms with Gasteiger partial charge in [0, 0.05) is 25.0 Å². The Kier molecular flexibility index (Phi) is 5.64. The maximum absolute atomic E-state index is 12.8. The number of benzene rings is 2. The van der Waals surface area contributed by atoms with E-state index in [0.717, 1.165) is 24.4 Å². The molecule has 5 heteroatoms. The van der Waals surface area contributed by atoms with Crippen molar-refractivity contribution in [3.05, 3.63) is 65.7 Å². The van der Waals surface area contributed by atoms with Crippen molar-refractivity contribution in [2.24, 2.45) is 11.7 Å². The zero-order valence-corrected chi connectivity index (χ0v) is 16.4. The largest absolute Gasteiger partial charge is 0.497 e. The second kappa shape index (κ2) is 8.33. The molecule has 0 bridgehead atoms. The Bertz CT molecular complexity index is 789. The Morgan fingerprint density at radius 2 is 1.86 bits per heavy atom. The van der Waals surface area contributed by atoms with Gasteiger partial charge in [0.05, 0.1) is 19.7 Å². The van der Waals surface area contributed by atoms with Crippen LogP contribution in [-0.4, -0.2) is 43.6 Å². The molecule has 0 spiro atoms. The Hall–Kier alpha value is -2.37. The van der Waals surface area contributed by atoms with Crippen LogP contribution in [0.1, 0.15) is 35.9 Å². The van der Waals surface area contributed by atoms with E-state index in [0.29, 0.717) is 12.5 Å². The molecular weight excluding hydrogens is 350 g/mol. The lowest BCUT2D eigenvalue weighted by Gasteiger charge is -2.22. The van der Waals surface area contributed by atoms with E-state index in [1.54, 1.807) is 7.11 Å². The quantitative estimate of drug-likeness (QED) is 0.776. The van der Waals surface area contributed by atoms with Crippen molar-refractivity contribution in [1.29, 1.82) is 0 Å². The summed E-state index contributed by atoms with van der Waals surface area (Å²) in [7, 11) is 1.67. The van der Waals surface area contributed by atoms with Crippen LogP contribution in [0.3, 0.4) is 0 Å². The number of ether oxygens (including phenoxy) is 1. The molecule has 1 saturated heterocycles. The molecule has 0 radical (unpaired) electrons. The number of rotatable bonds is 7. The molecule has 0 aromatic heterocycles. The van der Waals surface area contributed by atoms with E-state index in [-0.39, 0.29) is 23.9 Å². The van der Waals surface area contributed by atoms with E-state index < -0.39 is 0 Å². The number of carbonyl (C=O) groups is 1. The summed E-state index contributed by atoms with van der Waals surface area (Å²) in [6, 6.07) is 18.5. The molecule has 28 heavy (non-hydrogen) atoms. The Morgan fingerprint density at radius 1 is 1.14 bits per heavy atom. The number of methoxy groups -OCH3 is 1. The van der Waals surface area contributed by atoms with Gasteiger partial charge in [0.2, 0.25) is 5.91 Å². The van der Waals surface area contributed by atoms with Crippen LogP contribution < -0.4 is 15.8 Å². The van der Waals surface area contributed by atoms with Gasteiger partial charge >= 0.3 is 0 Å². The van der Waals surface area contributed by atoms with Crippen LogP contribution >= 0.6 is 0 Å². The van der Waals surface area contributed by atoms with Gasteiger partial charge in [-0.05, 0) is 42.0 Å². The molecule has 2 aromatic carbocycles. The molecule has 1 saturated carbocycles. The third-order valence-electron chi connectivity index (χ3n) is 5.92. The highest BCUT2D eigenvalue weighted by molar-refractivity contribution is 5.78. The molecule has 1 aliphatic heterocycles. The van der Waals surface area contributed by atoms with Crippen molar-refractivity contribution in [3.8, 4) is 5.75 Å². The average Bonchev–Trinajstić information content (AvgIpc) is 3.50. The molecule has 2 aromatic rings. The predicted molar refractivity (Wildman–Crippen MR) is 110 cm³/mol. The average molecular weight is 380 g/mol. The van der Waals surface area contributed by atoms with Crippen molar-refractivity contribution in [3.63, 3.8) is 0 Å². The zero-order valence-electron chi connectivity index (χ0n) is 16.4. The van der Waals surface area contributed by atoms with Gasteiger partial charge in [-0.2, -0.15) is 0 Å². The third-order valence-corrected chi connectivity index (χ3v) is 5.92. The summed E-state index contributed by atoms with van der Waals surface area (Å²) in [5, 5.41) is 3.27. The van der Waals surface area contributed by atoms with E-state index >= 15 is 0 Å². The molecule has 4 rings (SSSR count). The number of amides is 1. The standard InChI is InChI=1S/C23H29N3O2/c1-28-19-11-9-18(10-12-19)23(17-7-8-17)25-22(27)15-26-13-20(21(24)14-26)16-5-3-2-4-6-16/h2-6,9-12,17,20-21,23H,7-8,13-15,24H2,1H3,(H,25,27)/t20-,21+,23?/m0/s1. The van der Waals surface area contributed by atoms with Crippen LogP contribution in [0.15, 0.2) is 54.6 Å². The minimum absolute atomic E-state index is 0.0658. The molecule has 1 aliphatic carbocycles.